The summed E-state index contributed by atoms with van der Waals surface area (Å²) in [5, 5.41) is 11.6. The summed E-state index contributed by atoms with van der Waals surface area (Å²) in [4.78, 5) is 19.0. The van der Waals surface area contributed by atoms with Crippen LogP contribution in [0.1, 0.15) is 12.8 Å². The maximum atomic E-state index is 12.0. The third-order valence-electron chi connectivity index (χ3n) is 3.17. The summed E-state index contributed by atoms with van der Waals surface area (Å²) < 4.78 is 0. The van der Waals surface area contributed by atoms with Crippen molar-refractivity contribution in [1.29, 1.82) is 5.26 Å². The minimum atomic E-state index is -0.138. The summed E-state index contributed by atoms with van der Waals surface area (Å²) in [5.74, 6) is 0.647. The van der Waals surface area contributed by atoms with Gasteiger partial charge in [-0.15, -0.1) is 11.8 Å². The van der Waals surface area contributed by atoms with Crippen molar-refractivity contribution in [2.24, 2.45) is 5.92 Å². The molecule has 0 aliphatic carbocycles. The maximum absolute atomic E-state index is 12.0. The van der Waals surface area contributed by atoms with Crippen LogP contribution in [-0.2, 0) is 0 Å². The van der Waals surface area contributed by atoms with E-state index in [0.29, 0.717) is 18.9 Å². The minimum absolute atomic E-state index is 0.0861. The number of carbonyl (C=O) groups is 1. The first kappa shape index (κ1) is 13.7. The van der Waals surface area contributed by atoms with Gasteiger partial charge in [-0.25, -0.2) is 9.78 Å². The highest BCUT2D eigenvalue weighted by Gasteiger charge is 2.22. The molecule has 0 bridgehead atoms. The average molecular weight is 276 g/mol. The predicted octanol–water partition coefficient (Wildman–Crippen LogP) is 2.57. The third-order valence-corrected chi connectivity index (χ3v) is 3.88. The number of nitriles is 1. The Hall–Kier alpha value is -1.74. The maximum Gasteiger partial charge on any atom is 0.323 e. The Morgan fingerprint density at radius 2 is 2.26 bits per heavy atom. The first-order chi connectivity index (χ1) is 9.22. The molecular formula is C13H16N4OS. The SMILES string of the molecule is CSc1ccc(NC(=O)N2CCC(C#N)CC2)nc1. The molecule has 100 valence electrons. The monoisotopic (exact) mass is 276 g/mol. The van der Waals surface area contributed by atoms with Crippen LogP contribution in [0.25, 0.3) is 0 Å². The number of anilines is 1. The second-order valence-corrected chi connectivity index (χ2v) is 5.28. The Balaban J connectivity index is 1.89. The molecule has 2 amide bonds. The van der Waals surface area contributed by atoms with Gasteiger partial charge in [0.2, 0.25) is 0 Å². The number of nitrogens with zero attached hydrogens (tertiary/aromatic N) is 3. The highest BCUT2D eigenvalue weighted by molar-refractivity contribution is 7.98. The summed E-state index contributed by atoms with van der Waals surface area (Å²) in [5.41, 5.74) is 0. The van der Waals surface area contributed by atoms with Gasteiger partial charge in [-0.05, 0) is 31.2 Å². The van der Waals surface area contributed by atoms with E-state index in [1.807, 2.05) is 12.3 Å². The molecule has 0 aromatic carbocycles. The highest BCUT2D eigenvalue weighted by Crippen LogP contribution is 2.18. The Kier molecular flexibility index (Phi) is 4.63. The van der Waals surface area contributed by atoms with Crippen molar-refractivity contribution in [3.8, 4) is 6.07 Å². The number of thioether (sulfide) groups is 1. The Bertz CT molecular complexity index is 474. The molecule has 19 heavy (non-hydrogen) atoms. The molecule has 0 spiro atoms. The minimum Gasteiger partial charge on any atom is -0.324 e. The zero-order valence-corrected chi connectivity index (χ0v) is 11.6. The molecule has 2 rings (SSSR count). The normalized spacial score (nSPS) is 15.9. The van der Waals surface area contributed by atoms with Gasteiger partial charge in [0.05, 0.1) is 6.07 Å². The molecule has 2 heterocycles. The molecule has 1 fully saturated rings. The number of rotatable bonds is 2. The average Bonchev–Trinajstić information content (AvgIpc) is 2.48. The summed E-state index contributed by atoms with van der Waals surface area (Å²) in [7, 11) is 0. The lowest BCUT2D eigenvalue weighted by molar-refractivity contribution is 0.192. The van der Waals surface area contributed by atoms with E-state index in [0.717, 1.165) is 17.7 Å². The van der Waals surface area contributed by atoms with Crippen LogP contribution < -0.4 is 5.32 Å². The third kappa shape index (κ3) is 3.61. The number of urea groups is 1. The molecular weight excluding hydrogens is 260 g/mol. The highest BCUT2D eigenvalue weighted by atomic mass is 32.2. The molecule has 6 heteroatoms. The van der Waals surface area contributed by atoms with Gasteiger partial charge in [-0.1, -0.05) is 0 Å². The zero-order valence-electron chi connectivity index (χ0n) is 10.8. The van der Waals surface area contributed by atoms with Crippen LogP contribution in [0.3, 0.4) is 0 Å². The van der Waals surface area contributed by atoms with E-state index in [4.69, 9.17) is 5.26 Å². The van der Waals surface area contributed by atoms with Crippen LogP contribution in [0.5, 0.6) is 0 Å². The molecule has 1 saturated heterocycles. The molecule has 1 aromatic heterocycles. The van der Waals surface area contributed by atoms with Crippen LogP contribution in [0, 0.1) is 17.2 Å². The molecule has 1 N–H and O–H groups in total. The molecule has 1 aliphatic heterocycles. The van der Waals surface area contributed by atoms with E-state index in [1.54, 1.807) is 28.9 Å². The van der Waals surface area contributed by atoms with Crippen LogP contribution in [-0.4, -0.2) is 35.3 Å². The van der Waals surface area contributed by atoms with E-state index < -0.39 is 0 Å². The molecule has 1 aliphatic rings. The van der Waals surface area contributed by atoms with Gasteiger partial charge >= 0.3 is 6.03 Å². The van der Waals surface area contributed by atoms with Crippen molar-refractivity contribution in [3.05, 3.63) is 18.3 Å². The first-order valence-corrected chi connectivity index (χ1v) is 7.41. The number of aromatic nitrogens is 1. The number of piperidine rings is 1. The second kappa shape index (κ2) is 6.43. The van der Waals surface area contributed by atoms with Crippen LogP contribution in [0.2, 0.25) is 0 Å². The lowest BCUT2D eigenvalue weighted by Gasteiger charge is -2.29. The van der Waals surface area contributed by atoms with Gasteiger partial charge in [0.25, 0.3) is 0 Å². The second-order valence-electron chi connectivity index (χ2n) is 4.40. The van der Waals surface area contributed by atoms with Crippen LogP contribution in [0.4, 0.5) is 10.6 Å². The van der Waals surface area contributed by atoms with Gasteiger partial charge in [0.15, 0.2) is 0 Å². The quantitative estimate of drug-likeness (QED) is 0.843. The lowest BCUT2D eigenvalue weighted by Crippen LogP contribution is -2.40. The molecule has 1 aromatic rings. The van der Waals surface area contributed by atoms with Gasteiger partial charge < -0.3 is 4.90 Å². The Labute approximate surface area is 117 Å². The Morgan fingerprint density at radius 3 is 2.79 bits per heavy atom. The van der Waals surface area contributed by atoms with Gasteiger partial charge in [-0.2, -0.15) is 5.26 Å². The fraction of sp³-hybridized carbons (Fsp3) is 0.462. The number of hydrogen-bond donors (Lipinski definition) is 1. The molecule has 0 radical (unpaired) electrons. The number of hydrogen-bond acceptors (Lipinski definition) is 4. The van der Waals surface area contributed by atoms with Gasteiger partial charge in [0.1, 0.15) is 5.82 Å². The van der Waals surface area contributed by atoms with E-state index >= 15 is 0 Å². The van der Waals surface area contributed by atoms with Crippen LogP contribution >= 0.6 is 11.8 Å². The molecule has 5 nitrogen and oxygen atoms in total. The van der Waals surface area contributed by atoms with Crippen molar-refractivity contribution < 1.29 is 4.79 Å². The number of amides is 2. The van der Waals surface area contributed by atoms with E-state index in [1.165, 1.54) is 0 Å². The van der Waals surface area contributed by atoms with Gasteiger partial charge in [0, 0.05) is 30.1 Å². The molecule has 0 saturated carbocycles. The summed E-state index contributed by atoms with van der Waals surface area (Å²) in [6.45, 7) is 1.26. The standard InChI is InChI=1S/C13H16N4OS/c1-19-11-2-3-12(15-9-11)16-13(18)17-6-4-10(8-14)5-7-17/h2-3,9-10H,4-7H2,1H3,(H,15,16,18). The number of carbonyl (C=O) groups excluding carboxylic acids is 1. The van der Waals surface area contributed by atoms with E-state index in [2.05, 4.69) is 16.4 Å². The summed E-state index contributed by atoms with van der Waals surface area (Å²) in [6.07, 6.45) is 5.22. The topological polar surface area (TPSA) is 69.0 Å². The van der Waals surface area contributed by atoms with E-state index in [9.17, 15) is 4.79 Å². The molecule has 0 atom stereocenters. The van der Waals surface area contributed by atoms with Crippen LogP contribution in [0.15, 0.2) is 23.2 Å². The Morgan fingerprint density at radius 1 is 1.53 bits per heavy atom. The molecule has 0 unspecified atom stereocenters. The smallest absolute Gasteiger partial charge is 0.323 e. The fourth-order valence-electron chi connectivity index (χ4n) is 1.98. The van der Waals surface area contributed by atoms with Crippen molar-refractivity contribution >= 4 is 23.6 Å². The van der Waals surface area contributed by atoms with Crippen molar-refractivity contribution in [2.75, 3.05) is 24.7 Å². The fourth-order valence-corrected chi connectivity index (χ4v) is 2.34. The summed E-state index contributed by atoms with van der Waals surface area (Å²) in [6, 6.07) is 5.84. The van der Waals surface area contributed by atoms with Crippen molar-refractivity contribution in [2.45, 2.75) is 17.7 Å². The predicted molar refractivity (Wildman–Crippen MR) is 74.9 cm³/mol. The zero-order chi connectivity index (χ0) is 13.7. The lowest BCUT2D eigenvalue weighted by atomic mass is 9.99. The number of likely N-dealkylation sites (tertiary alicyclic amines) is 1. The first-order valence-electron chi connectivity index (χ1n) is 6.18. The summed E-state index contributed by atoms with van der Waals surface area (Å²) >= 11 is 1.61. The van der Waals surface area contributed by atoms with E-state index in [-0.39, 0.29) is 11.9 Å². The van der Waals surface area contributed by atoms with Gasteiger partial charge in [-0.3, -0.25) is 5.32 Å². The van der Waals surface area contributed by atoms with Crippen molar-refractivity contribution in [3.63, 3.8) is 0 Å². The van der Waals surface area contributed by atoms with Crippen molar-refractivity contribution in [1.82, 2.24) is 9.88 Å². The number of nitrogens with one attached hydrogen (secondary N) is 1. The number of pyridine rings is 1. The largest absolute Gasteiger partial charge is 0.324 e.